The minimum absolute atomic E-state index is 0.179. The number of amides is 1. The molecule has 2 N–H and O–H groups in total. The van der Waals surface area contributed by atoms with Crippen LogP contribution in [-0.4, -0.2) is 38.3 Å². The van der Waals surface area contributed by atoms with Crippen molar-refractivity contribution in [3.05, 3.63) is 0 Å². The molecule has 2 rings (SSSR count). The molecule has 2 heterocycles. The molecule has 14 heavy (non-hydrogen) atoms. The fourth-order valence-electron chi connectivity index (χ4n) is 1.80. The van der Waals surface area contributed by atoms with Crippen LogP contribution in [0.3, 0.4) is 0 Å². The van der Waals surface area contributed by atoms with E-state index in [4.69, 9.17) is 4.74 Å². The van der Waals surface area contributed by atoms with Crippen molar-refractivity contribution in [3.8, 4) is 0 Å². The highest BCUT2D eigenvalue weighted by molar-refractivity contribution is 5.79. The van der Waals surface area contributed by atoms with Crippen LogP contribution in [-0.2, 0) is 9.53 Å². The molecule has 0 radical (unpaired) electrons. The smallest absolute Gasteiger partial charge is 0.225 e. The van der Waals surface area contributed by atoms with Crippen molar-refractivity contribution in [1.82, 2.24) is 10.6 Å². The zero-order chi connectivity index (χ0) is 9.80. The van der Waals surface area contributed by atoms with Crippen molar-refractivity contribution >= 4 is 5.91 Å². The van der Waals surface area contributed by atoms with Gasteiger partial charge in [0.15, 0.2) is 0 Å². The molecule has 1 atom stereocenters. The Labute approximate surface area is 84.4 Å². The van der Waals surface area contributed by atoms with Crippen molar-refractivity contribution < 1.29 is 9.53 Å². The Morgan fingerprint density at radius 1 is 1.43 bits per heavy atom. The molecule has 0 aromatic carbocycles. The lowest BCUT2D eigenvalue weighted by atomic mass is 10.0. The molecule has 1 amide bonds. The van der Waals surface area contributed by atoms with Crippen LogP contribution >= 0.6 is 0 Å². The quantitative estimate of drug-likeness (QED) is 0.665. The Morgan fingerprint density at radius 2 is 2.29 bits per heavy atom. The van der Waals surface area contributed by atoms with Crippen LogP contribution in [0.25, 0.3) is 0 Å². The van der Waals surface area contributed by atoms with Gasteiger partial charge in [0.1, 0.15) is 0 Å². The van der Waals surface area contributed by atoms with Gasteiger partial charge < -0.3 is 15.4 Å². The normalized spacial score (nSPS) is 28.1. The van der Waals surface area contributed by atoms with E-state index in [9.17, 15) is 4.79 Å². The molecule has 0 bridgehead atoms. The first kappa shape index (κ1) is 9.93. The highest BCUT2D eigenvalue weighted by Crippen LogP contribution is 2.12. The second-order valence-electron chi connectivity index (χ2n) is 4.09. The fourth-order valence-corrected chi connectivity index (χ4v) is 1.80. The number of hydrogen-bond donors (Lipinski definition) is 2. The maximum Gasteiger partial charge on any atom is 0.225 e. The SMILES string of the molecule is O=C(NCC1CCCCO1)C1CNC1. The summed E-state index contributed by atoms with van der Waals surface area (Å²) in [4.78, 5) is 11.5. The summed E-state index contributed by atoms with van der Waals surface area (Å²) in [5.41, 5.74) is 0. The molecule has 4 nitrogen and oxygen atoms in total. The third-order valence-electron chi connectivity index (χ3n) is 2.93. The van der Waals surface area contributed by atoms with Gasteiger partial charge in [0.05, 0.1) is 12.0 Å². The Balaban J connectivity index is 1.62. The summed E-state index contributed by atoms with van der Waals surface area (Å²) in [6, 6.07) is 0. The standard InChI is InChI=1S/C10H18N2O2/c13-10(8-5-11-6-8)12-7-9-3-1-2-4-14-9/h8-9,11H,1-7H2,(H,12,13). The van der Waals surface area contributed by atoms with Crippen LogP contribution in [0.1, 0.15) is 19.3 Å². The topological polar surface area (TPSA) is 50.4 Å². The van der Waals surface area contributed by atoms with Gasteiger partial charge in [0.25, 0.3) is 0 Å². The van der Waals surface area contributed by atoms with Crippen LogP contribution in [0, 0.1) is 5.92 Å². The third kappa shape index (κ3) is 2.45. The molecule has 2 fully saturated rings. The summed E-state index contributed by atoms with van der Waals surface area (Å²) in [6.45, 7) is 3.20. The molecule has 0 saturated carbocycles. The predicted molar refractivity (Wildman–Crippen MR) is 53.0 cm³/mol. The maximum absolute atomic E-state index is 11.5. The van der Waals surface area contributed by atoms with Gasteiger partial charge in [-0.3, -0.25) is 4.79 Å². The number of carbonyl (C=O) groups excluding carboxylic acids is 1. The van der Waals surface area contributed by atoms with Crippen molar-refractivity contribution in [3.63, 3.8) is 0 Å². The minimum atomic E-state index is 0.179. The molecule has 2 aliphatic heterocycles. The van der Waals surface area contributed by atoms with Crippen LogP contribution in [0.15, 0.2) is 0 Å². The molecule has 0 aromatic heterocycles. The van der Waals surface area contributed by atoms with E-state index in [0.717, 1.165) is 32.5 Å². The lowest BCUT2D eigenvalue weighted by Gasteiger charge is -2.28. The van der Waals surface area contributed by atoms with Gasteiger partial charge in [-0.1, -0.05) is 0 Å². The number of rotatable bonds is 3. The van der Waals surface area contributed by atoms with Crippen molar-refractivity contribution in [2.45, 2.75) is 25.4 Å². The van der Waals surface area contributed by atoms with Crippen LogP contribution in [0.2, 0.25) is 0 Å². The monoisotopic (exact) mass is 198 g/mol. The highest BCUT2D eigenvalue weighted by atomic mass is 16.5. The van der Waals surface area contributed by atoms with E-state index in [1.54, 1.807) is 0 Å². The summed E-state index contributed by atoms with van der Waals surface area (Å²) in [5, 5.41) is 6.04. The number of hydrogen-bond acceptors (Lipinski definition) is 3. The van der Waals surface area contributed by atoms with Gasteiger partial charge in [-0.25, -0.2) is 0 Å². The molecule has 2 aliphatic rings. The summed E-state index contributed by atoms with van der Waals surface area (Å²) in [6.07, 6.45) is 3.73. The van der Waals surface area contributed by atoms with E-state index < -0.39 is 0 Å². The highest BCUT2D eigenvalue weighted by Gasteiger charge is 2.25. The first-order valence-corrected chi connectivity index (χ1v) is 5.46. The second kappa shape index (κ2) is 4.75. The zero-order valence-electron chi connectivity index (χ0n) is 8.42. The summed E-state index contributed by atoms with van der Waals surface area (Å²) < 4.78 is 5.53. The largest absolute Gasteiger partial charge is 0.376 e. The lowest BCUT2D eigenvalue weighted by molar-refractivity contribution is -0.127. The van der Waals surface area contributed by atoms with Gasteiger partial charge in [-0.2, -0.15) is 0 Å². The van der Waals surface area contributed by atoms with Crippen molar-refractivity contribution in [2.75, 3.05) is 26.2 Å². The second-order valence-corrected chi connectivity index (χ2v) is 4.09. The van der Waals surface area contributed by atoms with Crippen molar-refractivity contribution in [2.24, 2.45) is 5.92 Å². The van der Waals surface area contributed by atoms with Gasteiger partial charge >= 0.3 is 0 Å². The van der Waals surface area contributed by atoms with E-state index in [1.165, 1.54) is 6.42 Å². The first-order chi connectivity index (χ1) is 6.86. The molecule has 4 heteroatoms. The molecule has 0 spiro atoms. The van der Waals surface area contributed by atoms with E-state index >= 15 is 0 Å². The predicted octanol–water partition coefficient (Wildman–Crippen LogP) is -0.109. The molecule has 80 valence electrons. The van der Waals surface area contributed by atoms with E-state index in [1.807, 2.05) is 0 Å². The summed E-state index contributed by atoms with van der Waals surface area (Å²) in [5.74, 6) is 0.372. The molecular weight excluding hydrogens is 180 g/mol. The molecule has 0 aromatic rings. The van der Waals surface area contributed by atoms with Crippen LogP contribution in [0.4, 0.5) is 0 Å². The number of carbonyl (C=O) groups is 1. The Hall–Kier alpha value is -0.610. The number of ether oxygens (including phenoxy) is 1. The van der Waals surface area contributed by atoms with Crippen molar-refractivity contribution in [1.29, 1.82) is 0 Å². The lowest BCUT2D eigenvalue weighted by Crippen LogP contribution is -2.52. The number of nitrogens with one attached hydrogen (secondary N) is 2. The van der Waals surface area contributed by atoms with E-state index in [2.05, 4.69) is 10.6 Å². The molecule has 1 unspecified atom stereocenters. The third-order valence-corrected chi connectivity index (χ3v) is 2.93. The Bertz CT molecular complexity index is 198. The zero-order valence-corrected chi connectivity index (χ0v) is 8.42. The van der Waals surface area contributed by atoms with Gasteiger partial charge in [0, 0.05) is 26.2 Å². The molecular formula is C10H18N2O2. The first-order valence-electron chi connectivity index (χ1n) is 5.46. The Kier molecular flexibility index (Phi) is 3.37. The fraction of sp³-hybridized carbons (Fsp3) is 0.900. The maximum atomic E-state index is 11.5. The van der Waals surface area contributed by atoms with E-state index in [-0.39, 0.29) is 17.9 Å². The van der Waals surface area contributed by atoms with Crippen LogP contribution < -0.4 is 10.6 Å². The van der Waals surface area contributed by atoms with Gasteiger partial charge in [-0.15, -0.1) is 0 Å². The average molecular weight is 198 g/mol. The average Bonchev–Trinajstić information content (AvgIpc) is 2.14. The van der Waals surface area contributed by atoms with Gasteiger partial charge in [-0.05, 0) is 19.3 Å². The van der Waals surface area contributed by atoms with Crippen LogP contribution in [0.5, 0.6) is 0 Å². The van der Waals surface area contributed by atoms with Gasteiger partial charge in [0.2, 0.25) is 5.91 Å². The van der Waals surface area contributed by atoms with E-state index in [0.29, 0.717) is 6.54 Å². The Morgan fingerprint density at radius 3 is 2.86 bits per heavy atom. The molecule has 0 aliphatic carbocycles. The summed E-state index contributed by atoms with van der Waals surface area (Å²) >= 11 is 0. The molecule has 2 saturated heterocycles. The summed E-state index contributed by atoms with van der Waals surface area (Å²) in [7, 11) is 0. The minimum Gasteiger partial charge on any atom is -0.376 e.